The molecule has 18 heavy (non-hydrogen) atoms. The lowest BCUT2D eigenvalue weighted by Crippen LogP contribution is -2.44. The molecule has 1 aliphatic heterocycles. The molecule has 0 saturated carbocycles. The van der Waals surface area contributed by atoms with Crippen LogP contribution < -0.4 is 0 Å². The van der Waals surface area contributed by atoms with Gasteiger partial charge in [0.2, 0.25) is 0 Å². The van der Waals surface area contributed by atoms with Crippen molar-refractivity contribution < 1.29 is 14.3 Å². The number of aromatic amines is 1. The van der Waals surface area contributed by atoms with Gasteiger partial charge >= 0.3 is 6.09 Å². The molecule has 1 saturated heterocycles. The van der Waals surface area contributed by atoms with Crippen molar-refractivity contribution in [2.24, 2.45) is 0 Å². The van der Waals surface area contributed by atoms with Crippen molar-refractivity contribution in [3.63, 3.8) is 0 Å². The summed E-state index contributed by atoms with van der Waals surface area (Å²) in [7, 11) is 0. The third-order valence-electron chi connectivity index (χ3n) is 2.61. The van der Waals surface area contributed by atoms with Gasteiger partial charge in [-0.05, 0) is 20.8 Å². The average Bonchev–Trinajstić information content (AvgIpc) is 2.80. The minimum atomic E-state index is -0.472. The summed E-state index contributed by atoms with van der Waals surface area (Å²) in [4.78, 5) is 13.6. The lowest BCUT2D eigenvalue weighted by molar-refractivity contribution is -0.0432. The normalized spacial score (nSPS) is 20.8. The fourth-order valence-corrected chi connectivity index (χ4v) is 1.78. The number of nitrogens with one attached hydrogen (secondary N) is 1. The fourth-order valence-electron chi connectivity index (χ4n) is 1.78. The Labute approximate surface area is 106 Å². The van der Waals surface area contributed by atoms with E-state index in [1.807, 2.05) is 20.8 Å². The summed E-state index contributed by atoms with van der Waals surface area (Å²) in [5.41, 5.74) is 0.476. The third kappa shape index (κ3) is 3.22. The van der Waals surface area contributed by atoms with Crippen LogP contribution in [0, 0.1) is 0 Å². The van der Waals surface area contributed by atoms with E-state index in [1.54, 1.807) is 17.3 Å². The Hall–Kier alpha value is -1.56. The Morgan fingerprint density at radius 1 is 1.61 bits per heavy atom. The number of ether oxygens (including phenoxy) is 2. The fraction of sp³-hybridized carbons (Fsp3) is 0.667. The number of hydrogen-bond donors (Lipinski definition) is 1. The largest absolute Gasteiger partial charge is 0.444 e. The zero-order chi connectivity index (χ0) is 13.2. The molecule has 1 aliphatic rings. The van der Waals surface area contributed by atoms with Gasteiger partial charge in [0.25, 0.3) is 0 Å². The van der Waals surface area contributed by atoms with Crippen LogP contribution in [0.4, 0.5) is 4.79 Å². The highest BCUT2D eigenvalue weighted by molar-refractivity contribution is 5.68. The van der Waals surface area contributed by atoms with E-state index in [0.29, 0.717) is 19.7 Å². The van der Waals surface area contributed by atoms with E-state index >= 15 is 0 Å². The molecular formula is C12H19N3O3. The van der Waals surface area contributed by atoms with Crippen molar-refractivity contribution in [3.05, 3.63) is 18.0 Å². The number of carbonyl (C=O) groups excluding carboxylic acids is 1. The van der Waals surface area contributed by atoms with E-state index in [2.05, 4.69) is 10.2 Å². The molecule has 1 unspecified atom stereocenters. The van der Waals surface area contributed by atoms with Crippen LogP contribution in [-0.2, 0) is 9.47 Å². The maximum absolute atomic E-state index is 12.0. The van der Waals surface area contributed by atoms with Gasteiger partial charge in [-0.25, -0.2) is 4.79 Å². The molecule has 100 valence electrons. The lowest BCUT2D eigenvalue weighted by Gasteiger charge is -2.33. The minimum Gasteiger partial charge on any atom is -0.444 e. The summed E-state index contributed by atoms with van der Waals surface area (Å²) in [6.07, 6.45) is 3.07. The average molecular weight is 253 g/mol. The Balaban J connectivity index is 1.96. The first-order chi connectivity index (χ1) is 8.46. The smallest absolute Gasteiger partial charge is 0.410 e. The van der Waals surface area contributed by atoms with Crippen LogP contribution in [0.25, 0.3) is 0 Å². The molecule has 1 amide bonds. The number of H-pyrrole nitrogens is 1. The molecular weight excluding hydrogens is 234 g/mol. The monoisotopic (exact) mass is 253 g/mol. The van der Waals surface area contributed by atoms with Gasteiger partial charge in [-0.3, -0.25) is 5.10 Å². The molecule has 1 N–H and O–H groups in total. The van der Waals surface area contributed by atoms with Gasteiger partial charge in [0.1, 0.15) is 11.7 Å². The van der Waals surface area contributed by atoms with E-state index in [-0.39, 0.29) is 12.2 Å². The van der Waals surface area contributed by atoms with E-state index in [0.717, 1.165) is 5.56 Å². The van der Waals surface area contributed by atoms with Crippen LogP contribution in [-0.4, -0.2) is 46.5 Å². The van der Waals surface area contributed by atoms with Gasteiger partial charge in [0.05, 0.1) is 19.3 Å². The van der Waals surface area contributed by atoms with Crippen molar-refractivity contribution in [2.75, 3.05) is 19.7 Å². The molecule has 0 aromatic carbocycles. The summed E-state index contributed by atoms with van der Waals surface area (Å²) in [6, 6.07) is 0. The zero-order valence-corrected chi connectivity index (χ0v) is 11.0. The summed E-state index contributed by atoms with van der Waals surface area (Å²) in [5, 5.41) is 6.63. The highest BCUT2D eigenvalue weighted by atomic mass is 16.6. The van der Waals surface area contributed by atoms with Crippen molar-refractivity contribution in [2.45, 2.75) is 32.5 Å². The van der Waals surface area contributed by atoms with Crippen molar-refractivity contribution in [1.82, 2.24) is 15.1 Å². The molecule has 2 heterocycles. The van der Waals surface area contributed by atoms with Gasteiger partial charge in [-0.1, -0.05) is 0 Å². The Morgan fingerprint density at radius 3 is 3.00 bits per heavy atom. The molecule has 6 heteroatoms. The van der Waals surface area contributed by atoms with Crippen LogP contribution in [0.1, 0.15) is 32.4 Å². The van der Waals surface area contributed by atoms with Gasteiger partial charge in [0.15, 0.2) is 0 Å². The number of hydrogen-bond acceptors (Lipinski definition) is 4. The first-order valence-electron chi connectivity index (χ1n) is 6.04. The van der Waals surface area contributed by atoms with Crippen LogP contribution in [0.15, 0.2) is 12.4 Å². The second-order valence-corrected chi connectivity index (χ2v) is 5.32. The number of carbonyl (C=O) groups is 1. The molecule has 1 aromatic rings. The molecule has 1 aromatic heterocycles. The third-order valence-corrected chi connectivity index (χ3v) is 2.61. The maximum atomic E-state index is 12.0. The van der Waals surface area contributed by atoms with Crippen LogP contribution in [0.2, 0.25) is 0 Å². The summed E-state index contributed by atoms with van der Waals surface area (Å²) in [5.74, 6) is 0. The minimum absolute atomic E-state index is 0.134. The predicted molar refractivity (Wildman–Crippen MR) is 65.1 cm³/mol. The van der Waals surface area contributed by atoms with Crippen LogP contribution in [0.3, 0.4) is 0 Å². The molecule has 2 rings (SSSR count). The molecule has 1 fully saturated rings. The summed E-state index contributed by atoms with van der Waals surface area (Å²) < 4.78 is 11.0. The molecule has 0 bridgehead atoms. The van der Waals surface area contributed by atoms with Gasteiger partial charge in [-0.15, -0.1) is 0 Å². The van der Waals surface area contributed by atoms with Crippen molar-refractivity contribution in [1.29, 1.82) is 0 Å². The van der Waals surface area contributed by atoms with Gasteiger partial charge in [-0.2, -0.15) is 5.10 Å². The number of aromatic nitrogens is 2. The van der Waals surface area contributed by atoms with E-state index in [1.165, 1.54) is 0 Å². The van der Waals surface area contributed by atoms with Gasteiger partial charge in [0, 0.05) is 18.3 Å². The maximum Gasteiger partial charge on any atom is 0.410 e. The van der Waals surface area contributed by atoms with Crippen molar-refractivity contribution >= 4 is 6.09 Å². The predicted octanol–water partition coefficient (Wildman–Crippen LogP) is 1.72. The number of rotatable bonds is 1. The molecule has 0 radical (unpaired) electrons. The van der Waals surface area contributed by atoms with E-state index in [4.69, 9.17) is 9.47 Å². The molecule has 0 aliphatic carbocycles. The Kier molecular flexibility index (Phi) is 3.56. The van der Waals surface area contributed by atoms with E-state index in [9.17, 15) is 4.79 Å². The highest BCUT2D eigenvalue weighted by Crippen LogP contribution is 2.22. The van der Waals surface area contributed by atoms with E-state index < -0.39 is 5.60 Å². The van der Waals surface area contributed by atoms with Crippen LogP contribution >= 0.6 is 0 Å². The Bertz CT molecular complexity index is 397. The topological polar surface area (TPSA) is 67.4 Å². The lowest BCUT2D eigenvalue weighted by atomic mass is 10.1. The number of nitrogens with zero attached hydrogens (tertiary/aromatic N) is 2. The van der Waals surface area contributed by atoms with Crippen molar-refractivity contribution in [3.8, 4) is 0 Å². The summed E-state index contributed by atoms with van der Waals surface area (Å²) in [6.45, 7) is 7.14. The number of amides is 1. The number of morpholine rings is 1. The summed E-state index contributed by atoms with van der Waals surface area (Å²) >= 11 is 0. The quantitative estimate of drug-likeness (QED) is 0.827. The first kappa shape index (κ1) is 12.9. The molecule has 1 atom stereocenters. The van der Waals surface area contributed by atoms with Crippen LogP contribution in [0.5, 0.6) is 0 Å². The SMILES string of the molecule is CC(C)(C)OC(=O)N1CCOC(c2cn[nH]c2)C1. The molecule has 6 nitrogen and oxygen atoms in total. The standard InChI is InChI=1S/C12H19N3O3/c1-12(2,3)18-11(16)15-4-5-17-10(8-15)9-6-13-14-7-9/h6-7,10H,4-5,8H2,1-3H3,(H,13,14). The second kappa shape index (κ2) is 4.97. The van der Waals surface area contributed by atoms with Gasteiger partial charge < -0.3 is 14.4 Å². The Morgan fingerprint density at radius 2 is 2.39 bits per heavy atom. The highest BCUT2D eigenvalue weighted by Gasteiger charge is 2.29. The first-order valence-corrected chi connectivity index (χ1v) is 6.04. The second-order valence-electron chi connectivity index (χ2n) is 5.32. The molecule has 0 spiro atoms. The zero-order valence-electron chi connectivity index (χ0n) is 11.0.